The maximum absolute atomic E-state index is 12.0. The topological polar surface area (TPSA) is 84.2 Å². The summed E-state index contributed by atoms with van der Waals surface area (Å²) >= 11 is 0. The molecule has 0 aliphatic heterocycles. The highest BCUT2D eigenvalue weighted by molar-refractivity contribution is 5.96. The van der Waals surface area contributed by atoms with E-state index in [4.69, 9.17) is 5.73 Å². The van der Waals surface area contributed by atoms with Gasteiger partial charge in [-0.1, -0.05) is 13.8 Å². The number of hydrogen-bond donors (Lipinski definition) is 3. The Labute approximate surface area is 144 Å². The minimum absolute atomic E-state index is 0. The van der Waals surface area contributed by atoms with Crippen LogP contribution in [0.4, 0.5) is 5.69 Å². The van der Waals surface area contributed by atoms with Crippen molar-refractivity contribution in [1.82, 2.24) is 5.32 Å². The Morgan fingerprint density at radius 2 is 1.87 bits per heavy atom. The highest BCUT2D eigenvalue weighted by Crippen LogP contribution is 2.17. The van der Waals surface area contributed by atoms with Crippen LogP contribution >= 0.6 is 12.4 Å². The second kappa shape index (κ2) is 10.2. The second-order valence-corrected chi connectivity index (χ2v) is 6.20. The zero-order chi connectivity index (χ0) is 16.7. The first-order chi connectivity index (χ1) is 10.3. The number of aryl methyl sites for hydroxylation is 1. The third-order valence-electron chi connectivity index (χ3n) is 3.24. The molecule has 2 amide bonds. The minimum atomic E-state index is -0.121. The van der Waals surface area contributed by atoms with E-state index in [1.165, 1.54) is 0 Å². The summed E-state index contributed by atoms with van der Waals surface area (Å²) in [6, 6.07) is 5.35. The zero-order valence-electron chi connectivity index (χ0n) is 14.3. The van der Waals surface area contributed by atoms with Crippen LogP contribution in [0.15, 0.2) is 18.2 Å². The Balaban J connectivity index is 0.00000484. The summed E-state index contributed by atoms with van der Waals surface area (Å²) in [5.41, 5.74) is 7.86. The first kappa shape index (κ1) is 21.4. The van der Waals surface area contributed by atoms with E-state index >= 15 is 0 Å². The summed E-state index contributed by atoms with van der Waals surface area (Å²) in [7, 11) is 0. The Kier molecular flexibility index (Phi) is 9.53. The molecule has 0 heterocycles. The summed E-state index contributed by atoms with van der Waals surface area (Å²) < 4.78 is 0. The molecule has 0 spiro atoms. The van der Waals surface area contributed by atoms with Gasteiger partial charge >= 0.3 is 0 Å². The Hall–Kier alpha value is -1.59. The van der Waals surface area contributed by atoms with E-state index in [9.17, 15) is 9.59 Å². The normalized spacial score (nSPS) is 11.6. The molecule has 0 aliphatic rings. The monoisotopic (exact) mass is 341 g/mol. The lowest BCUT2D eigenvalue weighted by molar-refractivity contribution is -0.116. The summed E-state index contributed by atoms with van der Waals surface area (Å²) in [4.78, 5) is 23.8. The van der Waals surface area contributed by atoms with Gasteiger partial charge in [0.2, 0.25) is 5.91 Å². The van der Waals surface area contributed by atoms with Crippen LogP contribution in [-0.2, 0) is 4.79 Å². The number of halogens is 1. The Morgan fingerprint density at radius 1 is 1.22 bits per heavy atom. The first-order valence-electron chi connectivity index (χ1n) is 7.74. The number of nitrogens with two attached hydrogens (primary N) is 1. The van der Waals surface area contributed by atoms with Crippen molar-refractivity contribution < 1.29 is 9.59 Å². The van der Waals surface area contributed by atoms with E-state index in [2.05, 4.69) is 10.6 Å². The fraction of sp³-hybridized carbons (Fsp3) is 0.529. The first-order valence-corrected chi connectivity index (χ1v) is 7.74. The van der Waals surface area contributed by atoms with Crippen molar-refractivity contribution in [3.8, 4) is 0 Å². The Bertz CT molecular complexity index is 531. The van der Waals surface area contributed by atoms with Gasteiger partial charge < -0.3 is 16.4 Å². The highest BCUT2D eigenvalue weighted by atomic mass is 35.5. The molecule has 1 atom stereocenters. The molecule has 0 radical (unpaired) electrons. The van der Waals surface area contributed by atoms with Crippen LogP contribution in [0.1, 0.15) is 49.5 Å². The SMILES string of the molecule is Cc1cc(C(=O)NCCC(C)N)ccc1NC(=O)CC(C)C.Cl. The van der Waals surface area contributed by atoms with Crippen LogP contribution in [0.25, 0.3) is 0 Å². The number of benzene rings is 1. The summed E-state index contributed by atoms with van der Waals surface area (Å²) in [5, 5.41) is 5.72. The minimum Gasteiger partial charge on any atom is -0.352 e. The molecule has 0 saturated heterocycles. The molecule has 0 aliphatic carbocycles. The number of nitrogens with one attached hydrogen (secondary N) is 2. The molecule has 5 nitrogen and oxygen atoms in total. The van der Waals surface area contributed by atoms with Crippen LogP contribution in [0.3, 0.4) is 0 Å². The van der Waals surface area contributed by atoms with E-state index in [-0.39, 0.29) is 30.3 Å². The second-order valence-electron chi connectivity index (χ2n) is 6.20. The molecule has 1 aromatic rings. The van der Waals surface area contributed by atoms with Crippen LogP contribution in [-0.4, -0.2) is 24.4 Å². The third-order valence-corrected chi connectivity index (χ3v) is 3.24. The molecular weight excluding hydrogens is 314 g/mol. The average molecular weight is 342 g/mol. The molecule has 1 unspecified atom stereocenters. The van der Waals surface area contributed by atoms with Gasteiger partial charge in [-0.05, 0) is 49.9 Å². The summed E-state index contributed by atoms with van der Waals surface area (Å²) in [6.45, 7) is 8.35. The van der Waals surface area contributed by atoms with Crippen molar-refractivity contribution in [1.29, 1.82) is 0 Å². The molecule has 0 saturated carbocycles. The molecule has 1 aromatic carbocycles. The Morgan fingerprint density at radius 3 is 2.39 bits per heavy atom. The van der Waals surface area contributed by atoms with Gasteiger partial charge in [-0.3, -0.25) is 9.59 Å². The quantitative estimate of drug-likeness (QED) is 0.713. The van der Waals surface area contributed by atoms with Crippen molar-refractivity contribution in [3.05, 3.63) is 29.3 Å². The largest absolute Gasteiger partial charge is 0.352 e. The van der Waals surface area contributed by atoms with Crippen molar-refractivity contribution in [2.45, 2.75) is 46.6 Å². The molecule has 130 valence electrons. The molecule has 4 N–H and O–H groups in total. The predicted octanol–water partition coefficient (Wildman–Crippen LogP) is 2.87. The van der Waals surface area contributed by atoms with E-state index in [1.807, 2.05) is 27.7 Å². The van der Waals surface area contributed by atoms with Crippen LogP contribution < -0.4 is 16.4 Å². The maximum Gasteiger partial charge on any atom is 0.251 e. The van der Waals surface area contributed by atoms with Crippen molar-refractivity contribution >= 4 is 29.9 Å². The number of anilines is 1. The van der Waals surface area contributed by atoms with Gasteiger partial charge in [-0.15, -0.1) is 12.4 Å². The van der Waals surface area contributed by atoms with Crippen LogP contribution in [0, 0.1) is 12.8 Å². The van der Waals surface area contributed by atoms with Gasteiger partial charge in [0.05, 0.1) is 0 Å². The summed E-state index contributed by atoms with van der Waals surface area (Å²) in [6.07, 6.45) is 1.23. The lowest BCUT2D eigenvalue weighted by Gasteiger charge is -2.12. The van der Waals surface area contributed by atoms with E-state index in [0.29, 0.717) is 24.4 Å². The molecular formula is C17H28ClN3O2. The van der Waals surface area contributed by atoms with Crippen molar-refractivity contribution in [3.63, 3.8) is 0 Å². The van der Waals surface area contributed by atoms with Crippen molar-refractivity contribution in [2.24, 2.45) is 11.7 Å². The molecule has 0 aromatic heterocycles. The molecule has 23 heavy (non-hydrogen) atoms. The number of rotatable bonds is 7. The average Bonchev–Trinajstić information content (AvgIpc) is 2.39. The van der Waals surface area contributed by atoms with Crippen molar-refractivity contribution in [2.75, 3.05) is 11.9 Å². The summed E-state index contributed by atoms with van der Waals surface area (Å²) in [5.74, 6) is 0.186. The zero-order valence-corrected chi connectivity index (χ0v) is 15.1. The predicted molar refractivity (Wildman–Crippen MR) is 97.1 cm³/mol. The number of carbonyl (C=O) groups excluding carboxylic acids is 2. The number of carbonyl (C=O) groups is 2. The van der Waals surface area contributed by atoms with E-state index in [0.717, 1.165) is 17.7 Å². The van der Waals surface area contributed by atoms with Gasteiger partial charge in [-0.25, -0.2) is 0 Å². The lowest BCUT2D eigenvalue weighted by atomic mass is 10.1. The third kappa shape index (κ3) is 8.00. The standard InChI is InChI=1S/C17H27N3O2.ClH/c1-11(2)9-16(21)20-15-6-5-14(10-12(15)3)17(22)19-8-7-13(4)18;/h5-6,10-11,13H,7-9,18H2,1-4H3,(H,19,22)(H,20,21);1H. The molecule has 0 fully saturated rings. The van der Waals surface area contributed by atoms with E-state index in [1.54, 1.807) is 18.2 Å². The van der Waals surface area contributed by atoms with Crippen LogP contribution in [0.5, 0.6) is 0 Å². The van der Waals surface area contributed by atoms with Gasteiger partial charge in [0.25, 0.3) is 5.91 Å². The lowest BCUT2D eigenvalue weighted by Crippen LogP contribution is -2.29. The molecule has 1 rings (SSSR count). The highest BCUT2D eigenvalue weighted by Gasteiger charge is 2.10. The maximum atomic E-state index is 12.0. The molecule has 0 bridgehead atoms. The fourth-order valence-corrected chi connectivity index (χ4v) is 2.03. The fourth-order valence-electron chi connectivity index (χ4n) is 2.03. The number of amides is 2. The van der Waals surface area contributed by atoms with Gasteiger partial charge in [0.15, 0.2) is 0 Å². The van der Waals surface area contributed by atoms with Gasteiger partial charge in [0, 0.05) is 30.3 Å². The van der Waals surface area contributed by atoms with Crippen LogP contribution in [0.2, 0.25) is 0 Å². The van der Waals surface area contributed by atoms with Gasteiger partial charge in [-0.2, -0.15) is 0 Å². The molecule has 6 heteroatoms. The van der Waals surface area contributed by atoms with E-state index < -0.39 is 0 Å². The smallest absolute Gasteiger partial charge is 0.251 e. The number of hydrogen-bond acceptors (Lipinski definition) is 3. The van der Waals surface area contributed by atoms with Gasteiger partial charge in [0.1, 0.15) is 0 Å².